The highest BCUT2D eigenvalue weighted by atomic mass is 16.5. The topological polar surface area (TPSA) is 137 Å². The third kappa shape index (κ3) is 3.13. The number of aryl methyl sites for hydroxylation is 1. The number of hydrogen-bond acceptors (Lipinski definition) is 7. The Morgan fingerprint density at radius 3 is 2.93 bits per heavy atom. The van der Waals surface area contributed by atoms with E-state index in [9.17, 15) is 14.4 Å². The van der Waals surface area contributed by atoms with Crippen molar-refractivity contribution in [2.45, 2.75) is 25.8 Å². The lowest BCUT2D eigenvalue weighted by Crippen LogP contribution is -2.37. The third-order valence-electron chi connectivity index (χ3n) is 4.84. The first-order chi connectivity index (χ1) is 13.4. The molecule has 0 spiro atoms. The molecule has 1 saturated heterocycles. The molecule has 4 rings (SSSR count). The highest BCUT2D eigenvalue weighted by Crippen LogP contribution is 2.26. The number of hydrogen-bond donors (Lipinski definition) is 1. The summed E-state index contributed by atoms with van der Waals surface area (Å²) < 4.78 is 6.39. The van der Waals surface area contributed by atoms with E-state index in [0.717, 1.165) is 0 Å². The van der Waals surface area contributed by atoms with Gasteiger partial charge in [0.05, 0.1) is 5.92 Å². The molecule has 0 aromatic carbocycles. The molecule has 1 fully saturated rings. The van der Waals surface area contributed by atoms with E-state index in [4.69, 9.17) is 10.3 Å². The van der Waals surface area contributed by atoms with Gasteiger partial charge in [-0.15, -0.1) is 0 Å². The van der Waals surface area contributed by atoms with Gasteiger partial charge in [-0.2, -0.15) is 4.98 Å². The summed E-state index contributed by atoms with van der Waals surface area (Å²) in [7, 11) is 0. The van der Waals surface area contributed by atoms with E-state index in [1.807, 2.05) is 0 Å². The Labute approximate surface area is 159 Å². The van der Waals surface area contributed by atoms with Gasteiger partial charge in [-0.3, -0.25) is 19.0 Å². The molecular weight excluding hydrogens is 364 g/mol. The fourth-order valence-electron chi connectivity index (χ4n) is 3.43. The zero-order valence-electron chi connectivity index (χ0n) is 15.2. The molecule has 144 valence electrons. The number of aromatic nitrogens is 4. The average Bonchev–Trinajstić information content (AvgIpc) is 3.32. The second-order valence-electron chi connectivity index (χ2n) is 6.73. The number of nitrogens with two attached hydrogens (primary N) is 1. The zero-order chi connectivity index (χ0) is 19.8. The highest BCUT2D eigenvalue weighted by molar-refractivity contribution is 5.96. The van der Waals surface area contributed by atoms with Crippen LogP contribution in [0.15, 0.2) is 33.7 Å². The molecule has 10 nitrogen and oxygen atoms in total. The molecule has 3 aromatic heterocycles. The Bertz CT molecular complexity index is 1130. The van der Waals surface area contributed by atoms with Crippen molar-refractivity contribution in [3.63, 3.8) is 0 Å². The van der Waals surface area contributed by atoms with Crippen LogP contribution in [0.3, 0.4) is 0 Å². The first-order valence-corrected chi connectivity index (χ1v) is 8.80. The van der Waals surface area contributed by atoms with E-state index in [1.165, 1.54) is 16.8 Å². The minimum absolute atomic E-state index is 0.0336. The van der Waals surface area contributed by atoms with Crippen LogP contribution in [0.5, 0.6) is 0 Å². The first kappa shape index (κ1) is 17.8. The van der Waals surface area contributed by atoms with Gasteiger partial charge in [-0.25, -0.2) is 4.98 Å². The molecule has 2 N–H and O–H groups in total. The van der Waals surface area contributed by atoms with E-state index in [0.29, 0.717) is 42.3 Å². The van der Waals surface area contributed by atoms with Gasteiger partial charge in [0, 0.05) is 24.7 Å². The molecule has 2 amide bonds. The van der Waals surface area contributed by atoms with Gasteiger partial charge in [0.15, 0.2) is 5.82 Å². The molecule has 1 atom stereocenters. The van der Waals surface area contributed by atoms with E-state index < -0.39 is 11.5 Å². The SMILES string of the molecule is Cc1noc(C2CCN(C(=O)Cn3c(=O)c(C(N)=O)cc4cccnc43)C2)n1. The maximum absolute atomic E-state index is 12.8. The molecular formula is C18H18N6O4. The van der Waals surface area contributed by atoms with E-state index in [1.54, 1.807) is 24.0 Å². The predicted molar refractivity (Wildman–Crippen MR) is 97.5 cm³/mol. The van der Waals surface area contributed by atoms with Crippen molar-refractivity contribution in [3.8, 4) is 0 Å². The van der Waals surface area contributed by atoms with Crippen molar-refractivity contribution in [1.29, 1.82) is 0 Å². The Morgan fingerprint density at radius 2 is 2.21 bits per heavy atom. The summed E-state index contributed by atoms with van der Waals surface area (Å²) in [5.74, 6) is -0.0759. The summed E-state index contributed by atoms with van der Waals surface area (Å²) in [6.07, 6.45) is 2.22. The highest BCUT2D eigenvalue weighted by Gasteiger charge is 2.31. The van der Waals surface area contributed by atoms with Crippen molar-refractivity contribution in [2.24, 2.45) is 5.73 Å². The summed E-state index contributed by atoms with van der Waals surface area (Å²) in [6.45, 7) is 2.45. The van der Waals surface area contributed by atoms with Crippen molar-refractivity contribution < 1.29 is 14.1 Å². The van der Waals surface area contributed by atoms with Gasteiger partial charge < -0.3 is 15.2 Å². The van der Waals surface area contributed by atoms with E-state index in [-0.39, 0.29) is 23.9 Å². The van der Waals surface area contributed by atoms with Crippen LogP contribution >= 0.6 is 0 Å². The van der Waals surface area contributed by atoms with Crippen LogP contribution in [0, 0.1) is 6.92 Å². The number of primary amides is 1. The van der Waals surface area contributed by atoms with Crippen LogP contribution < -0.4 is 11.3 Å². The standard InChI is InChI=1S/C18H18N6O4/c1-10-21-17(28-22-10)12-4-6-23(8-12)14(25)9-24-16-11(3-2-5-20-16)7-13(15(19)26)18(24)27/h2-3,5,7,12H,4,6,8-9H2,1H3,(H2,19,26). The van der Waals surface area contributed by atoms with E-state index in [2.05, 4.69) is 15.1 Å². The molecule has 1 aliphatic rings. The maximum atomic E-state index is 12.8. The van der Waals surface area contributed by atoms with Crippen LogP contribution in [-0.4, -0.2) is 49.5 Å². The summed E-state index contributed by atoms with van der Waals surface area (Å²) in [4.78, 5) is 47.2. The molecule has 28 heavy (non-hydrogen) atoms. The maximum Gasteiger partial charge on any atom is 0.265 e. The molecule has 0 bridgehead atoms. The van der Waals surface area contributed by atoms with Gasteiger partial charge in [0.1, 0.15) is 17.8 Å². The second-order valence-corrected chi connectivity index (χ2v) is 6.73. The quantitative estimate of drug-likeness (QED) is 0.680. The fraction of sp³-hybridized carbons (Fsp3) is 0.333. The molecule has 0 radical (unpaired) electrons. The fourth-order valence-corrected chi connectivity index (χ4v) is 3.43. The smallest absolute Gasteiger partial charge is 0.265 e. The second kappa shape index (κ2) is 6.87. The average molecular weight is 382 g/mol. The Kier molecular flexibility index (Phi) is 4.38. The minimum atomic E-state index is -0.843. The number of nitrogens with zero attached hydrogens (tertiary/aromatic N) is 5. The number of carbonyl (C=O) groups is 2. The van der Waals surface area contributed by atoms with Crippen molar-refractivity contribution in [1.82, 2.24) is 24.6 Å². The molecule has 0 aliphatic carbocycles. The van der Waals surface area contributed by atoms with Crippen molar-refractivity contribution in [3.05, 3.63) is 52.0 Å². The Morgan fingerprint density at radius 1 is 1.39 bits per heavy atom. The van der Waals surface area contributed by atoms with Crippen LogP contribution in [0.4, 0.5) is 0 Å². The lowest BCUT2D eigenvalue weighted by Gasteiger charge is -2.18. The van der Waals surface area contributed by atoms with Gasteiger partial charge >= 0.3 is 0 Å². The molecule has 3 aromatic rings. The molecule has 1 unspecified atom stereocenters. The largest absolute Gasteiger partial charge is 0.365 e. The summed E-state index contributed by atoms with van der Waals surface area (Å²) >= 11 is 0. The number of likely N-dealkylation sites (tertiary alicyclic amines) is 1. The zero-order valence-corrected chi connectivity index (χ0v) is 15.2. The van der Waals surface area contributed by atoms with Crippen LogP contribution in [-0.2, 0) is 11.3 Å². The third-order valence-corrected chi connectivity index (χ3v) is 4.84. The number of rotatable bonds is 4. The first-order valence-electron chi connectivity index (χ1n) is 8.80. The molecule has 0 saturated carbocycles. The Hall–Kier alpha value is -3.56. The van der Waals surface area contributed by atoms with Crippen LogP contribution in [0.2, 0.25) is 0 Å². The van der Waals surface area contributed by atoms with Crippen molar-refractivity contribution in [2.75, 3.05) is 13.1 Å². The van der Waals surface area contributed by atoms with Gasteiger partial charge in [-0.05, 0) is 31.5 Å². The van der Waals surface area contributed by atoms with Gasteiger partial charge in [-0.1, -0.05) is 5.16 Å². The number of fused-ring (bicyclic) bond motifs is 1. The summed E-state index contributed by atoms with van der Waals surface area (Å²) in [5.41, 5.74) is 4.85. The lowest BCUT2D eigenvalue weighted by molar-refractivity contribution is -0.130. The predicted octanol–water partition coefficient (Wildman–Crippen LogP) is 0.203. The van der Waals surface area contributed by atoms with Crippen LogP contribution in [0.25, 0.3) is 11.0 Å². The van der Waals surface area contributed by atoms with Crippen molar-refractivity contribution >= 4 is 22.8 Å². The van der Waals surface area contributed by atoms with Crippen LogP contribution in [0.1, 0.15) is 34.4 Å². The molecule has 1 aliphatic heterocycles. The van der Waals surface area contributed by atoms with E-state index >= 15 is 0 Å². The normalized spacial score (nSPS) is 16.6. The summed E-state index contributed by atoms with van der Waals surface area (Å²) in [5, 5.41) is 4.34. The molecule has 4 heterocycles. The Balaban J connectivity index is 1.61. The summed E-state index contributed by atoms with van der Waals surface area (Å²) in [6, 6.07) is 4.79. The molecule has 10 heteroatoms. The van der Waals surface area contributed by atoms with Gasteiger partial charge in [0.25, 0.3) is 11.5 Å². The number of amides is 2. The minimum Gasteiger partial charge on any atom is -0.365 e. The number of carbonyl (C=O) groups excluding carboxylic acids is 2. The number of pyridine rings is 2. The monoisotopic (exact) mass is 382 g/mol. The van der Waals surface area contributed by atoms with Gasteiger partial charge in [0.2, 0.25) is 11.8 Å². The lowest BCUT2D eigenvalue weighted by atomic mass is 10.1.